The van der Waals surface area contributed by atoms with Crippen LogP contribution < -0.4 is 10.6 Å². The van der Waals surface area contributed by atoms with Gasteiger partial charge in [0, 0.05) is 13.0 Å². The minimum atomic E-state index is -1.21. The Hall–Kier alpha value is -2.05. The number of hydrogen-bond donors (Lipinski definition) is 3. The van der Waals surface area contributed by atoms with Crippen LogP contribution in [0.2, 0.25) is 0 Å². The zero-order chi connectivity index (χ0) is 14.0. The molecule has 0 unspecified atom stereocenters. The van der Waals surface area contributed by atoms with Crippen LogP contribution in [0.25, 0.3) is 0 Å². The molecule has 0 bridgehead atoms. The average Bonchev–Trinajstić information content (AvgIpc) is 2.31. The van der Waals surface area contributed by atoms with Crippen LogP contribution >= 0.6 is 0 Å². The third-order valence-corrected chi connectivity index (χ3v) is 1.96. The van der Waals surface area contributed by atoms with Crippen molar-refractivity contribution in [2.24, 2.45) is 0 Å². The van der Waals surface area contributed by atoms with Gasteiger partial charge in [-0.25, -0.2) is 9.59 Å². The Morgan fingerprint density at radius 2 is 2.11 bits per heavy atom. The molecule has 1 atom stereocenters. The summed E-state index contributed by atoms with van der Waals surface area (Å²) in [6, 6.07) is -1.15. The van der Waals surface area contributed by atoms with E-state index >= 15 is 0 Å². The van der Waals surface area contributed by atoms with Gasteiger partial charge in [0.05, 0.1) is 0 Å². The fourth-order valence-electron chi connectivity index (χ4n) is 1.14. The summed E-state index contributed by atoms with van der Waals surface area (Å²) in [5.41, 5.74) is 0. The molecule has 0 rings (SSSR count). The molecule has 0 saturated carbocycles. The van der Waals surface area contributed by atoms with Gasteiger partial charge in [0.2, 0.25) is 5.91 Å². The van der Waals surface area contributed by atoms with Gasteiger partial charge in [0.1, 0.15) is 12.6 Å². The SMILES string of the molecule is C=CCOC(=O)N[C@@H](CCC(=O)NCC)C(=O)O. The molecule has 3 N–H and O–H groups in total. The number of hydrogen-bond acceptors (Lipinski definition) is 4. The number of rotatable bonds is 8. The predicted molar refractivity (Wildman–Crippen MR) is 64.0 cm³/mol. The molecule has 102 valence electrons. The molecule has 0 aliphatic heterocycles. The van der Waals surface area contributed by atoms with Crippen molar-refractivity contribution in [2.45, 2.75) is 25.8 Å². The Bertz CT molecular complexity index is 317. The monoisotopic (exact) mass is 258 g/mol. The van der Waals surface area contributed by atoms with Gasteiger partial charge in [-0.15, -0.1) is 0 Å². The first-order valence-electron chi connectivity index (χ1n) is 5.55. The number of carbonyl (C=O) groups excluding carboxylic acids is 2. The van der Waals surface area contributed by atoms with Crippen molar-refractivity contribution in [3.05, 3.63) is 12.7 Å². The first-order chi connectivity index (χ1) is 8.51. The van der Waals surface area contributed by atoms with Crippen LogP contribution in [0, 0.1) is 0 Å². The zero-order valence-electron chi connectivity index (χ0n) is 10.3. The molecule has 0 aromatic heterocycles. The largest absolute Gasteiger partial charge is 0.480 e. The van der Waals surface area contributed by atoms with Crippen molar-refractivity contribution in [2.75, 3.05) is 13.2 Å². The molecule has 18 heavy (non-hydrogen) atoms. The summed E-state index contributed by atoms with van der Waals surface area (Å²) in [5.74, 6) is -1.47. The maximum absolute atomic E-state index is 11.2. The Kier molecular flexibility index (Phi) is 8.00. The fourth-order valence-corrected chi connectivity index (χ4v) is 1.14. The van der Waals surface area contributed by atoms with E-state index in [2.05, 4.69) is 21.9 Å². The number of amides is 2. The van der Waals surface area contributed by atoms with E-state index in [1.54, 1.807) is 6.92 Å². The van der Waals surface area contributed by atoms with E-state index in [9.17, 15) is 14.4 Å². The number of carboxylic acid groups (broad SMARTS) is 1. The molecular formula is C11H18N2O5. The van der Waals surface area contributed by atoms with Crippen molar-refractivity contribution in [1.29, 1.82) is 0 Å². The van der Waals surface area contributed by atoms with Crippen LogP contribution in [0.4, 0.5) is 4.79 Å². The number of carboxylic acids is 1. The maximum Gasteiger partial charge on any atom is 0.408 e. The summed E-state index contributed by atoms with van der Waals surface area (Å²) in [5, 5.41) is 13.6. The standard InChI is InChI=1S/C11H18N2O5/c1-3-7-18-11(17)13-8(10(15)16)5-6-9(14)12-4-2/h3,8H,1,4-7H2,2H3,(H,12,14)(H,13,17)(H,15,16)/t8-/m0/s1. The minimum Gasteiger partial charge on any atom is -0.480 e. The van der Waals surface area contributed by atoms with Gasteiger partial charge in [0.25, 0.3) is 0 Å². The van der Waals surface area contributed by atoms with E-state index in [4.69, 9.17) is 5.11 Å². The zero-order valence-corrected chi connectivity index (χ0v) is 10.3. The molecule has 0 aromatic rings. The van der Waals surface area contributed by atoms with Crippen LogP contribution in [0.3, 0.4) is 0 Å². The Labute approximate surface area is 105 Å². The number of nitrogens with one attached hydrogen (secondary N) is 2. The number of alkyl carbamates (subject to hydrolysis) is 1. The lowest BCUT2D eigenvalue weighted by Crippen LogP contribution is -2.42. The maximum atomic E-state index is 11.2. The molecule has 7 heteroatoms. The molecular weight excluding hydrogens is 240 g/mol. The first-order valence-corrected chi connectivity index (χ1v) is 5.55. The van der Waals surface area contributed by atoms with Gasteiger partial charge >= 0.3 is 12.1 Å². The third-order valence-electron chi connectivity index (χ3n) is 1.96. The van der Waals surface area contributed by atoms with E-state index in [1.165, 1.54) is 6.08 Å². The highest BCUT2D eigenvalue weighted by atomic mass is 16.5. The Morgan fingerprint density at radius 1 is 1.44 bits per heavy atom. The summed E-state index contributed by atoms with van der Waals surface area (Å²) in [4.78, 5) is 33.2. The molecule has 0 aliphatic rings. The summed E-state index contributed by atoms with van der Waals surface area (Å²) in [6.45, 7) is 5.59. The lowest BCUT2D eigenvalue weighted by atomic mass is 10.1. The van der Waals surface area contributed by atoms with Crippen molar-refractivity contribution >= 4 is 18.0 Å². The smallest absolute Gasteiger partial charge is 0.408 e. The van der Waals surface area contributed by atoms with Crippen LogP contribution in [0.15, 0.2) is 12.7 Å². The summed E-state index contributed by atoms with van der Waals surface area (Å²) < 4.78 is 4.59. The van der Waals surface area contributed by atoms with E-state index in [0.29, 0.717) is 6.54 Å². The van der Waals surface area contributed by atoms with Gasteiger partial charge in [-0.2, -0.15) is 0 Å². The van der Waals surface area contributed by atoms with E-state index in [-0.39, 0.29) is 25.4 Å². The van der Waals surface area contributed by atoms with Gasteiger partial charge < -0.3 is 20.5 Å². The van der Waals surface area contributed by atoms with Gasteiger partial charge in [-0.05, 0) is 13.3 Å². The first kappa shape index (κ1) is 16.0. The molecule has 7 nitrogen and oxygen atoms in total. The van der Waals surface area contributed by atoms with E-state index < -0.39 is 18.1 Å². The molecule has 0 saturated heterocycles. The number of aliphatic carboxylic acids is 1. The van der Waals surface area contributed by atoms with Crippen LogP contribution in [0.5, 0.6) is 0 Å². The second-order valence-electron chi connectivity index (χ2n) is 3.41. The normalized spacial score (nSPS) is 11.2. The Balaban J connectivity index is 4.14. The van der Waals surface area contributed by atoms with Crippen LogP contribution in [0.1, 0.15) is 19.8 Å². The quantitative estimate of drug-likeness (QED) is 0.542. The molecule has 0 aliphatic carbocycles. The van der Waals surface area contributed by atoms with Crippen LogP contribution in [-0.2, 0) is 14.3 Å². The lowest BCUT2D eigenvalue weighted by molar-refractivity contribution is -0.139. The third kappa shape index (κ3) is 7.26. The summed E-state index contributed by atoms with van der Waals surface area (Å²) in [7, 11) is 0. The number of carbonyl (C=O) groups is 3. The van der Waals surface area contributed by atoms with E-state index in [0.717, 1.165) is 0 Å². The van der Waals surface area contributed by atoms with Crippen molar-refractivity contribution in [3.63, 3.8) is 0 Å². The van der Waals surface area contributed by atoms with E-state index in [1.807, 2.05) is 0 Å². The molecule has 0 spiro atoms. The lowest BCUT2D eigenvalue weighted by Gasteiger charge is -2.13. The topological polar surface area (TPSA) is 105 Å². The summed E-state index contributed by atoms with van der Waals surface area (Å²) in [6.07, 6.45) is 0.541. The minimum absolute atomic E-state index is 0.00432. The molecule has 0 radical (unpaired) electrons. The van der Waals surface area contributed by atoms with Crippen molar-refractivity contribution in [1.82, 2.24) is 10.6 Å². The van der Waals surface area contributed by atoms with Gasteiger partial charge in [-0.1, -0.05) is 12.7 Å². The molecule has 0 heterocycles. The summed E-state index contributed by atoms with van der Waals surface area (Å²) >= 11 is 0. The van der Waals surface area contributed by atoms with Crippen molar-refractivity contribution < 1.29 is 24.2 Å². The molecule has 2 amide bonds. The predicted octanol–water partition coefficient (Wildman–Crippen LogP) is 0.268. The number of ether oxygens (including phenoxy) is 1. The van der Waals surface area contributed by atoms with Crippen LogP contribution in [-0.4, -0.2) is 42.3 Å². The second-order valence-corrected chi connectivity index (χ2v) is 3.41. The highest BCUT2D eigenvalue weighted by molar-refractivity contribution is 5.81. The molecule has 0 fully saturated rings. The second kappa shape index (κ2) is 9.03. The van der Waals surface area contributed by atoms with Gasteiger partial charge in [-0.3, -0.25) is 4.79 Å². The fraction of sp³-hybridized carbons (Fsp3) is 0.545. The van der Waals surface area contributed by atoms with Crippen molar-refractivity contribution in [3.8, 4) is 0 Å². The molecule has 0 aromatic carbocycles. The average molecular weight is 258 g/mol. The highest BCUT2D eigenvalue weighted by Gasteiger charge is 2.21. The highest BCUT2D eigenvalue weighted by Crippen LogP contribution is 1.99. The Morgan fingerprint density at radius 3 is 2.61 bits per heavy atom. The van der Waals surface area contributed by atoms with Gasteiger partial charge in [0.15, 0.2) is 0 Å².